The number of fused-ring (bicyclic) bond motifs is 1. The van der Waals surface area contributed by atoms with Gasteiger partial charge >= 0.3 is 0 Å². The van der Waals surface area contributed by atoms with E-state index in [1.807, 2.05) is 18.2 Å². The second-order valence-electron chi connectivity index (χ2n) is 6.28. The molecule has 6 heteroatoms. The number of benzene rings is 1. The van der Waals surface area contributed by atoms with Crippen LogP contribution in [0.3, 0.4) is 0 Å². The lowest BCUT2D eigenvalue weighted by atomic mass is 10.1. The molecule has 0 N–H and O–H groups in total. The minimum atomic E-state index is -3.52. The summed E-state index contributed by atoms with van der Waals surface area (Å²) in [6, 6.07) is 12.0. The summed E-state index contributed by atoms with van der Waals surface area (Å²) in [5, 5.41) is 0.421. The lowest BCUT2D eigenvalue weighted by Gasteiger charge is -2.19. The Balaban J connectivity index is 1.56. The van der Waals surface area contributed by atoms with Crippen LogP contribution in [-0.4, -0.2) is 30.8 Å². The average Bonchev–Trinajstić information content (AvgIpc) is 3.14. The van der Waals surface area contributed by atoms with E-state index < -0.39 is 10.0 Å². The van der Waals surface area contributed by atoms with Crippen molar-refractivity contribution in [1.29, 1.82) is 0 Å². The van der Waals surface area contributed by atoms with E-state index in [-0.39, 0.29) is 10.3 Å². The zero-order valence-corrected chi connectivity index (χ0v) is 14.4. The number of halogens is 1. The van der Waals surface area contributed by atoms with E-state index in [1.54, 1.807) is 24.4 Å². The largest absolute Gasteiger partial charge is 0.248 e. The predicted octanol–water partition coefficient (Wildman–Crippen LogP) is 2.80. The summed E-state index contributed by atoms with van der Waals surface area (Å²) in [6.07, 6.45) is 2.66. The van der Waals surface area contributed by atoms with E-state index in [0.29, 0.717) is 29.7 Å². The Kier molecular flexibility index (Phi) is 3.65. The molecule has 2 unspecified atom stereocenters. The first kappa shape index (κ1) is 15.6. The van der Waals surface area contributed by atoms with Crippen LogP contribution in [0, 0.1) is 23.2 Å². The Morgan fingerprint density at radius 3 is 2.88 bits per heavy atom. The molecule has 4 nitrogen and oxygen atoms in total. The Labute approximate surface area is 146 Å². The number of piperidine rings is 1. The molecule has 24 heavy (non-hydrogen) atoms. The third-order valence-corrected chi connectivity index (χ3v) is 6.70. The molecule has 1 aromatic heterocycles. The van der Waals surface area contributed by atoms with Crippen molar-refractivity contribution in [3.8, 4) is 11.8 Å². The van der Waals surface area contributed by atoms with Crippen molar-refractivity contribution in [2.24, 2.45) is 11.3 Å². The molecule has 1 saturated carbocycles. The smallest absolute Gasteiger partial charge is 0.243 e. The van der Waals surface area contributed by atoms with E-state index in [2.05, 4.69) is 16.8 Å². The number of hydrogen-bond acceptors (Lipinski definition) is 3. The van der Waals surface area contributed by atoms with Gasteiger partial charge in [0.05, 0.1) is 10.3 Å². The highest BCUT2D eigenvalue weighted by atomic mass is 35.5. The van der Waals surface area contributed by atoms with Crippen molar-refractivity contribution in [3.05, 3.63) is 59.4 Å². The van der Waals surface area contributed by atoms with Crippen molar-refractivity contribution >= 4 is 21.6 Å². The van der Waals surface area contributed by atoms with Crippen LogP contribution >= 0.6 is 11.6 Å². The zero-order valence-electron chi connectivity index (χ0n) is 12.8. The van der Waals surface area contributed by atoms with Crippen molar-refractivity contribution in [1.82, 2.24) is 9.29 Å². The first-order chi connectivity index (χ1) is 11.5. The molecule has 0 amide bonds. The Hall–Kier alpha value is -1.87. The van der Waals surface area contributed by atoms with Crippen molar-refractivity contribution in [3.63, 3.8) is 0 Å². The summed E-state index contributed by atoms with van der Waals surface area (Å²) in [7, 11) is -3.52. The van der Waals surface area contributed by atoms with Crippen LogP contribution in [0.15, 0.2) is 53.6 Å². The van der Waals surface area contributed by atoms with Crippen LogP contribution in [0.4, 0.5) is 0 Å². The van der Waals surface area contributed by atoms with Gasteiger partial charge in [0.25, 0.3) is 0 Å². The van der Waals surface area contributed by atoms with E-state index in [0.717, 1.165) is 6.42 Å². The molecule has 1 aromatic carbocycles. The molecular formula is C18H15ClN2O2S. The summed E-state index contributed by atoms with van der Waals surface area (Å²) in [6.45, 7) is 0.956. The van der Waals surface area contributed by atoms with E-state index in [9.17, 15) is 8.42 Å². The number of nitrogens with zero attached hydrogens (tertiary/aromatic N) is 2. The average molecular weight is 359 g/mol. The highest BCUT2D eigenvalue weighted by molar-refractivity contribution is 7.89. The first-order valence-electron chi connectivity index (χ1n) is 7.70. The maximum absolute atomic E-state index is 12.8. The van der Waals surface area contributed by atoms with Gasteiger partial charge in [0.1, 0.15) is 5.69 Å². The molecule has 0 bridgehead atoms. The van der Waals surface area contributed by atoms with E-state index in [1.165, 1.54) is 10.4 Å². The van der Waals surface area contributed by atoms with Crippen LogP contribution < -0.4 is 0 Å². The van der Waals surface area contributed by atoms with Crippen molar-refractivity contribution in [2.45, 2.75) is 11.3 Å². The molecule has 1 aliphatic carbocycles. The zero-order chi connectivity index (χ0) is 16.8. The number of sulfonamides is 1. The van der Waals surface area contributed by atoms with Gasteiger partial charge in [0.2, 0.25) is 10.0 Å². The predicted molar refractivity (Wildman–Crippen MR) is 91.9 cm³/mol. The molecule has 0 spiro atoms. The van der Waals surface area contributed by atoms with Crippen LogP contribution in [-0.2, 0) is 10.0 Å². The standard InChI is InChI=1S/C18H15ClN2O2S/c19-15-4-3-6-17(10-15)24(22,23)21-12-14-11-18(14,13-21)8-7-16-5-1-2-9-20-16/h1-6,9-10,14H,11-13H2. The van der Waals surface area contributed by atoms with Crippen LogP contribution in [0.2, 0.25) is 5.02 Å². The Bertz CT molecular complexity index is 950. The maximum atomic E-state index is 12.8. The second-order valence-corrected chi connectivity index (χ2v) is 8.65. The number of rotatable bonds is 2. The van der Waals surface area contributed by atoms with Gasteiger partial charge in [-0.15, -0.1) is 0 Å². The highest BCUT2D eigenvalue weighted by Crippen LogP contribution is 2.58. The molecule has 4 rings (SSSR count). The molecule has 2 atom stereocenters. The molecule has 1 saturated heterocycles. The summed E-state index contributed by atoms with van der Waals surface area (Å²) in [4.78, 5) is 4.43. The molecule has 2 fully saturated rings. The topological polar surface area (TPSA) is 50.3 Å². The van der Waals surface area contributed by atoms with Gasteiger partial charge in [0, 0.05) is 24.3 Å². The van der Waals surface area contributed by atoms with Gasteiger partial charge in [-0.2, -0.15) is 4.31 Å². The molecule has 1 aliphatic heterocycles. The summed E-state index contributed by atoms with van der Waals surface area (Å²) < 4.78 is 27.1. The fraction of sp³-hybridized carbons (Fsp3) is 0.278. The molecule has 2 aliphatic rings. The summed E-state index contributed by atoms with van der Waals surface area (Å²) >= 11 is 5.93. The normalized spacial score (nSPS) is 25.6. The fourth-order valence-corrected chi connectivity index (χ4v) is 5.07. The van der Waals surface area contributed by atoms with Crippen molar-refractivity contribution in [2.75, 3.05) is 13.1 Å². The molecular weight excluding hydrogens is 344 g/mol. The number of hydrogen-bond donors (Lipinski definition) is 0. The minimum Gasteiger partial charge on any atom is -0.248 e. The fourth-order valence-electron chi connectivity index (χ4n) is 3.22. The van der Waals surface area contributed by atoms with Crippen LogP contribution in [0.5, 0.6) is 0 Å². The van der Waals surface area contributed by atoms with Gasteiger partial charge in [0.15, 0.2) is 0 Å². The third-order valence-electron chi connectivity index (χ3n) is 4.65. The molecule has 2 aromatic rings. The number of pyridine rings is 1. The Morgan fingerprint density at radius 1 is 1.25 bits per heavy atom. The quantitative estimate of drug-likeness (QED) is 0.776. The summed E-state index contributed by atoms with van der Waals surface area (Å²) in [5.74, 6) is 6.66. The number of aromatic nitrogens is 1. The lowest BCUT2D eigenvalue weighted by molar-refractivity contribution is 0.430. The third kappa shape index (κ3) is 2.71. The Morgan fingerprint density at radius 2 is 2.12 bits per heavy atom. The van der Waals surface area contributed by atoms with Crippen LogP contribution in [0.25, 0.3) is 0 Å². The van der Waals surface area contributed by atoms with Gasteiger partial charge in [-0.1, -0.05) is 29.7 Å². The maximum Gasteiger partial charge on any atom is 0.243 e. The highest BCUT2D eigenvalue weighted by Gasteiger charge is 2.61. The molecule has 2 heterocycles. The molecule has 0 radical (unpaired) electrons. The van der Waals surface area contributed by atoms with Gasteiger partial charge < -0.3 is 0 Å². The van der Waals surface area contributed by atoms with Gasteiger partial charge in [-0.05, 0) is 48.6 Å². The van der Waals surface area contributed by atoms with E-state index >= 15 is 0 Å². The summed E-state index contributed by atoms with van der Waals surface area (Å²) in [5.41, 5.74) is 0.497. The lowest BCUT2D eigenvalue weighted by Crippen LogP contribution is -2.31. The van der Waals surface area contributed by atoms with Gasteiger partial charge in [-0.3, -0.25) is 0 Å². The second kappa shape index (κ2) is 5.59. The van der Waals surface area contributed by atoms with E-state index in [4.69, 9.17) is 11.6 Å². The monoisotopic (exact) mass is 358 g/mol. The van der Waals surface area contributed by atoms with Crippen molar-refractivity contribution < 1.29 is 8.42 Å². The first-order valence-corrected chi connectivity index (χ1v) is 9.51. The van der Waals surface area contributed by atoms with Crippen LogP contribution in [0.1, 0.15) is 12.1 Å². The molecule has 122 valence electrons. The van der Waals surface area contributed by atoms with Gasteiger partial charge in [-0.25, -0.2) is 13.4 Å². The minimum absolute atomic E-state index is 0.219. The SMILES string of the molecule is O=S(=O)(c1cccc(Cl)c1)N1CC2CC2(C#Cc2ccccn2)C1.